The van der Waals surface area contributed by atoms with E-state index in [0.29, 0.717) is 0 Å². The monoisotopic (exact) mass is 359 g/mol. The van der Waals surface area contributed by atoms with E-state index < -0.39 is 11.6 Å². The van der Waals surface area contributed by atoms with Gasteiger partial charge in [0.15, 0.2) is 11.6 Å². The maximum absolute atomic E-state index is 13.9. The third-order valence-corrected chi connectivity index (χ3v) is 6.18. The molecule has 0 radical (unpaired) electrons. The van der Waals surface area contributed by atoms with E-state index in [2.05, 4.69) is 15.3 Å². The highest BCUT2D eigenvalue weighted by Crippen LogP contribution is 2.36. The van der Waals surface area contributed by atoms with Crippen LogP contribution in [0.4, 0.5) is 8.78 Å². The number of benzene rings is 1. The Morgan fingerprint density at radius 3 is 2.65 bits per heavy atom. The normalized spacial score (nSPS) is 23.8. The molecule has 2 aliphatic rings. The molecule has 1 fully saturated rings. The number of aryl methyl sites for hydroxylation is 1. The Kier molecular flexibility index (Phi) is 5.34. The number of aromatic amines is 1. The van der Waals surface area contributed by atoms with Crippen LogP contribution < -0.4 is 5.32 Å². The molecule has 0 bridgehead atoms. The molecule has 2 unspecified atom stereocenters. The van der Waals surface area contributed by atoms with Crippen molar-refractivity contribution in [2.45, 2.75) is 63.3 Å². The van der Waals surface area contributed by atoms with Gasteiger partial charge in [-0.3, -0.25) is 0 Å². The van der Waals surface area contributed by atoms with Crippen molar-refractivity contribution < 1.29 is 8.78 Å². The van der Waals surface area contributed by atoms with Crippen LogP contribution in [0.3, 0.4) is 0 Å². The molecule has 0 saturated heterocycles. The zero-order chi connectivity index (χ0) is 17.9. The molecule has 2 atom stereocenters. The van der Waals surface area contributed by atoms with Crippen LogP contribution in [-0.4, -0.2) is 22.6 Å². The van der Waals surface area contributed by atoms with Crippen molar-refractivity contribution in [3.8, 4) is 0 Å². The second-order valence-electron chi connectivity index (χ2n) is 7.91. The molecule has 5 heteroatoms. The molecule has 0 amide bonds. The van der Waals surface area contributed by atoms with Crippen molar-refractivity contribution in [2.24, 2.45) is 5.92 Å². The Morgan fingerprint density at radius 1 is 1.08 bits per heavy atom. The van der Waals surface area contributed by atoms with E-state index in [1.807, 2.05) is 6.20 Å². The van der Waals surface area contributed by atoms with Crippen molar-refractivity contribution in [1.82, 2.24) is 15.3 Å². The molecule has 0 spiro atoms. The van der Waals surface area contributed by atoms with Gasteiger partial charge in [-0.05, 0) is 67.8 Å². The molecule has 1 aromatic heterocycles. The molecule has 3 nitrogen and oxygen atoms in total. The minimum Gasteiger partial charge on any atom is -0.348 e. The number of aromatic nitrogens is 2. The molecule has 2 N–H and O–H groups in total. The molecule has 1 aromatic carbocycles. The largest absolute Gasteiger partial charge is 0.348 e. The summed E-state index contributed by atoms with van der Waals surface area (Å²) in [5, 5.41) is 3.78. The lowest BCUT2D eigenvalue weighted by atomic mass is 9.76. The first-order chi connectivity index (χ1) is 12.7. The van der Waals surface area contributed by atoms with E-state index in [9.17, 15) is 8.78 Å². The average Bonchev–Trinajstić information content (AvgIpc) is 3.16. The van der Waals surface area contributed by atoms with E-state index in [1.54, 1.807) is 6.33 Å². The zero-order valence-corrected chi connectivity index (χ0v) is 15.1. The van der Waals surface area contributed by atoms with Crippen molar-refractivity contribution in [1.29, 1.82) is 0 Å². The van der Waals surface area contributed by atoms with Crippen LogP contribution in [0.25, 0.3) is 0 Å². The van der Waals surface area contributed by atoms with Crippen LogP contribution in [0, 0.1) is 17.6 Å². The maximum atomic E-state index is 13.9. The lowest BCUT2D eigenvalue weighted by Crippen LogP contribution is -2.42. The fourth-order valence-electron chi connectivity index (χ4n) is 4.73. The molecule has 2 aliphatic carbocycles. The van der Waals surface area contributed by atoms with E-state index in [4.69, 9.17) is 0 Å². The Morgan fingerprint density at radius 2 is 1.88 bits per heavy atom. The molecule has 1 saturated carbocycles. The highest BCUT2D eigenvalue weighted by molar-refractivity contribution is 5.36. The second-order valence-corrected chi connectivity index (χ2v) is 7.91. The molecule has 0 aliphatic heterocycles. The lowest BCUT2D eigenvalue weighted by Gasteiger charge is -2.36. The Hall–Kier alpha value is -1.75. The number of halogens is 2. The number of imidazole rings is 1. The number of hydrogen-bond acceptors (Lipinski definition) is 2. The number of fused-ring (bicyclic) bond motifs is 1. The number of rotatable bonds is 5. The van der Waals surface area contributed by atoms with Crippen LogP contribution >= 0.6 is 0 Å². The average molecular weight is 359 g/mol. The molecule has 26 heavy (non-hydrogen) atoms. The van der Waals surface area contributed by atoms with Gasteiger partial charge in [0.2, 0.25) is 0 Å². The number of nitrogens with one attached hydrogen (secondary N) is 2. The summed E-state index contributed by atoms with van der Waals surface area (Å²) in [6, 6.07) is 3.10. The minimum atomic E-state index is -0.744. The highest BCUT2D eigenvalue weighted by Gasteiger charge is 2.31. The first-order valence-electron chi connectivity index (χ1n) is 9.89. The van der Waals surface area contributed by atoms with Crippen molar-refractivity contribution in [2.75, 3.05) is 6.54 Å². The smallest absolute Gasteiger partial charge is 0.159 e. The third-order valence-electron chi connectivity index (χ3n) is 6.18. The topological polar surface area (TPSA) is 40.7 Å². The lowest BCUT2D eigenvalue weighted by molar-refractivity contribution is 0.300. The second kappa shape index (κ2) is 7.87. The van der Waals surface area contributed by atoms with Crippen LogP contribution in [-0.2, 0) is 12.8 Å². The molecular formula is C21H27F2N3. The fraction of sp³-hybridized carbons (Fsp3) is 0.571. The van der Waals surface area contributed by atoms with Gasteiger partial charge < -0.3 is 10.3 Å². The highest BCUT2D eigenvalue weighted by atomic mass is 19.2. The van der Waals surface area contributed by atoms with Gasteiger partial charge in [-0.15, -0.1) is 0 Å². The molecular weight excluding hydrogens is 332 g/mol. The summed E-state index contributed by atoms with van der Waals surface area (Å²) in [6.45, 7) is 1.03. The van der Waals surface area contributed by atoms with Gasteiger partial charge in [0.05, 0.1) is 6.33 Å². The summed E-state index contributed by atoms with van der Waals surface area (Å²) in [4.78, 5) is 7.27. The van der Waals surface area contributed by atoms with E-state index in [0.717, 1.165) is 48.5 Å². The predicted molar refractivity (Wildman–Crippen MR) is 98.1 cm³/mol. The van der Waals surface area contributed by atoms with E-state index in [-0.39, 0.29) is 12.0 Å². The van der Waals surface area contributed by atoms with Crippen molar-refractivity contribution in [3.63, 3.8) is 0 Å². The van der Waals surface area contributed by atoms with E-state index in [1.165, 1.54) is 44.2 Å². The standard InChI is InChI=1S/C21H27F2N3/c22-19-8-15-6-7-21(25-11-14-4-2-1-3-5-14)18(17(15)10-20(19)23)9-16-12-24-13-26-16/h8,10,12-14,18,21,25H,1-7,9,11H2,(H,24,26). The van der Waals surface area contributed by atoms with Gasteiger partial charge in [0.25, 0.3) is 0 Å². The molecule has 2 aromatic rings. The molecule has 1 heterocycles. The van der Waals surface area contributed by atoms with Gasteiger partial charge in [0.1, 0.15) is 0 Å². The van der Waals surface area contributed by atoms with Crippen LogP contribution in [0.5, 0.6) is 0 Å². The predicted octanol–water partition coefficient (Wildman–Crippen LogP) is 4.50. The summed E-state index contributed by atoms with van der Waals surface area (Å²) in [7, 11) is 0. The molecule has 140 valence electrons. The zero-order valence-electron chi connectivity index (χ0n) is 15.1. The number of H-pyrrole nitrogens is 1. The van der Waals surface area contributed by atoms with Crippen LogP contribution in [0.2, 0.25) is 0 Å². The van der Waals surface area contributed by atoms with Crippen LogP contribution in [0.1, 0.15) is 61.3 Å². The first kappa shape index (κ1) is 17.7. The fourth-order valence-corrected chi connectivity index (χ4v) is 4.73. The number of hydrogen-bond donors (Lipinski definition) is 2. The Labute approximate surface area is 153 Å². The van der Waals surface area contributed by atoms with Gasteiger partial charge in [0, 0.05) is 23.9 Å². The maximum Gasteiger partial charge on any atom is 0.159 e. The molecule has 4 rings (SSSR count). The summed E-state index contributed by atoms with van der Waals surface area (Å²) < 4.78 is 27.6. The van der Waals surface area contributed by atoms with Crippen LogP contribution in [0.15, 0.2) is 24.7 Å². The SMILES string of the molecule is Fc1cc2c(cc1F)C(Cc1cnc[nH]1)C(NCC1CCCCC1)CC2. The van der Waals surface area contributed by atoms with Crippen molar-refractivity contribution >= 4 is 0 Å². The first-order valence-corrected chi connectivity index (χ1v) is 9.89. The van der Waals surface area contributed by atoms with Gasteiger partial charge >= 0.3 is 0 Å². The summed E-state index contributed by atoms with van der Waals surface area (Å²) in [6.07, 6.45) is 12.7. The summed E-state index contributed by atoms with van der Waals surface area (Å²) in [5.74, 6) is -0.593. The minimum absolute atomic E-state index is 0.137. The Bertz CT molecular complexity index is 723. The summed E-state index contributed by atoms with van der Waals surface area (Å²) in [5.41, 5.74) is 2.94. The van der Waals surface area contributed by atoms with Gasteiger partial charge in [-0.2, -0.15) is 0 Å². The summed E-state index contributed by atoms with van der Waals surface area (Å²) >= 11 is 0. The third kappa shape index (κ3) is 3.83. The van der Waals surface area contributed by atoms with Gasteiger partial charge in [-0.25, -0.2) is 13.8 Å². The van der Waals surface area contributed by atoms with Crippen molar-refractivity contribution in [3.05, 3.63) is 53.1 Å². The van der Waals surface area contributed by atoms with E-state index >= 15 is 0 Å². The quantitative estimate of drug-likeness (QED) is 0.825. The van der Waals surface area contributed by atoms with Gasteiger partial charge in [-0.1, -0.05) is 19.3 Å². The Balaban J connectivity index is 1.54. The number of nitrogens with zero attached hydrogens (tertiary/aromatic N) is 1.